The van der Waals surface area contributed by atoms with Gasteiger partial charge < -0.3 is 10.6 Å². The average molecular weight is 528 g/mol. The predicted molar refractivity (Wildman–Crippen MR) is 144 cm³/mol. The average Bonchev–Trinajstić information content (AvgIpc) is 3.61. The van der Waals surface area contributed by atoms with Crippen LogP contribution in [0.1, 0.15) is 27.2 Å². The summed E-state index contributed by atoms with van der Waals surface area (Å²) in [5.41, 5.74) is 5.54. The molecule has 0 radical (unpaired) electrons. The number of fused-ring (bicyclic) bond motifs is 2. The summed E-state index contributed by atoms with van der Waals surface area (Å²) in [6.07, 6.45) is 13.3. The number of carbonyl (C=O) groups excluding carboxylic acids is 2. The van der Waals surface area contributed by atoms with Gasteiger partial charge in [-0.2, -0.15) is 10.2 Å². The Morgan fingerprint density at radius 2 is 1.97 bits per heavy atom. The van der Waals surface area contributed by atoms with Crippen molar-refractivity contribution in [2.75, 3.05) is 23.7 Å². The third kappa shape index (κ3) is 4.78. The molecule has 0 atom stereocenters. The number of aryl methyl sites for hydroxylation is 2. The van der Waals surface area contributed by atoms with E-state index in [1.54, 1.807) is 47.0 Å². The molecule has 0 saturated carbocycles. The lowest BCUT2D eigenvalue weighted by atomic mass is 10.0. The quantitative estimate of drug-likeness (QED) is 0.348. The summed E-state index contributed by atoms with van der Waals surface area (Å²) in [5, 5.41) is 14.4. The number of aromatic nitrogens is 6. The van der Waals surface area contributed by atoms with Gasteiger partial charge in [0, 0.05) is 50.5 Å². The molecule has 0 bridgehead atoms. The van der Waals surface area contributed by atoms with Crippen LogP contribution in [0.5, 0.6) is 0 Å². The highest BCUT2D eigenvalue weighted by atomic mass is 32.1. The summed E-state index contributed by atoms with van der Waals surface area (Å²) in [4.78, 5) is 38.3. The van der Waals surface area contributed by atoms with E-state index in [9.17, 15) is 9.59 Å². The van der Waals surface area contributed by atoms with E-state index in [0.29, 0.717) is 29.2 Å². The number of thiazole rings is 1. The van der Waals surface area contributed by atoms with Crippen LogP contribution in [-0.4, -0.2) is 59.2 Å². The minimum atomic E-state index is -0.297. The Labute approximate surface area is 222 Å². The van der Waals surface area contributed by atoms with Crippen molar-refractivity contribution in [1.29, 1.82) is 0 Å². The summed E-state index contributed by atoms with van der Waals surface area (Å²) in [7, 11) is 1.86. The summed E-state index contributed by atoms with van der Waals surface area (Å²) in [6, 6.07) is 3.73. The van der Waals surface area contributed by atoms with Crippen molar-refractivity contribution in [3.05, 3.63) is 77.9 Å². The van der Waals surface area contributed by atoms with Gasteiger partial charge in [-0.25, -0.2) is 4.52 Å². The zero-order valence-corrected chi connectivity index (χ0v) is 21.7. The van der Waals surface area contributed by atoms with Crippen molar-refractivity contribution >= 4 is 39.4 Å². The molecule has 6 rings (SSSR count). The SMILES string of the molecule is Cc1ncc(NC(=O)CN2CCc3cnccc3C2)cc1NC(=O)c1cnn2cc(-c3cnn(C)c3)sc12. The molecule has 1 aliphatic rings. The number of nitrogens with zero attached hydrogens (tertiary/aromatic N) is 7. The van der Waals surface area contributed by atoms with Gasteiger partial charge in [0.15, 0.2) is 0 Å². The van der Waals surface area contributed by atoms with Crippen LogP contribution in [0.2, 0.25) is 0 Å². The third-order valence-electron chi connectivity index (χ3n) is 6.51. The topological polar surface area (TPSA) is 122 Å². The van der Waals surface area contributed by atoms with Gasteiger partial charge in [-0.3, -0.25) is 29.1 Å². The van der Waals surface area contributed by atoms with E-state index >= 15 is 0 Å². The molecule has 2 N–H and O–H groups in total. The van der Waals surface area contributed by atoms with Gasteiger partial charge in [0.05, 0.1) is 52.6 Å². The molecule has 5 aromatic rings. The lowest BCUT2D eigenvalue weighted by molar-refractivity contribution is -0.117. The Bertz CT molecular complexity index is 1670. The van der Waals surface area contributed by atoms with Crippen LogP contribution in [0.4, 0.5) is 11.4 Å². The summed E-state index contributed by atoms with van der Waals surface area (Å²) >= 11 is 1.47. The predicted octanol–water partition coefficient (Wildman–Crippen LogP) is 3.14. The zero-order chi connectivity index (χ0) is 26.2. The maximum atomic E-state index is 13.2. The Morgan fingerprint density at radius 1 is 1.08 bits per heavy atom. The molecule has 12 heteroatoms. The molecular weight excluding hydrogens is 502 g/mol. The van der Waals surface area contributed by atoms with E-state index in [4.69, 9.17) is 0 Å². The second-order valence-electron chi connectivity index (χ2n) is 9.27. The second kappa shape index (κ2) is 9.80. The summed E-state index contributed by atoms with van der Waals surface area (Å²) in [6.45, 7) is 3.58. The normalized spacial score (nSPS) is 13.4. The maximum Gasteiger partial charge on any atom is 0.260 e. The van der Waals surface area contributed by atoms with Crippen molar-refractivity contribution in [2.24, 2.45) is 7.05 Å². The number of hydrogen-bond acceptors (Lipinski definition) is 8. The highest BCUT2D eigenvalue weighted by Gasteiger charge is 2.20. The molecule has 0 unspecified atom stereocenters. The first-order chi connectivity index (χ1) is 18.4. The highest BCUT2D eigenvalue weighted by molar-refractivity contribution is 7.21. The van der Waals surface area contributed by atoms with Crippen LogP contribution in [-0.2, 0) is 24.8 Å². The van der Waals surface area contributed by atoms with Crippen LogP contribution < -0.4 is 10.6 Å². The van der Waals surface area contributed by atoms with Crippen LogP contribution in [0.15, 0.2) is 55.5 Å². The molecule has 11 nitrogen and oxygen atoms in total. The molecule has 0 fully saturated rings. The van der Waals surface area contributed by atoms with Crippen molar-refractivity contribution in [2.45, 2.75) is 19.9 Å². The van der Waals surface area contributed by atoms with Gasteiger partial charge in [0.1, 0.15) is 4.83 Å². The number of carbonyl (C=O) groups is 2. The first kappa shape index (κ1) is 23.9. The Kier molecular flexibility index (Phi) is 6.18. The van der Waals surface area contributed by atoms with E-state index in [2.05, 4.69) is 35.7 Å². The van der Waals surface area contributed by atoms with Gasteiger partial charge in [-0.05, 0) is 36.6 Å². The number of rotatable bonds is 6. The van der Waals surface area contributed by atoms with Crippen LogP contribution in [0.3, 0.4) is 0 Å². The Hall–Kier alpha value is -4.42. The molecule has 5 aromatic heterocycles. The molecule has 2 amide bonds. The van der Waals surface area contributed by atoms with E-state index in [-0.39, 0.29) is 18.4 Å². The van der Waals surface area contributed by atoms with E-state index in [1.807, 2.05) is 31.7 Å². The van der Waals surface area contributed by atoms with E-state index < -0.39 is 0 Å². The van der Waals surface area contributed by atoms with E-state index in [0.717, 1.165) is 28.2 Å². The molecule has 0 spiro atoms. The van der Waals surface area contributed by atoms with Crippen LogP contribution in [0, 0.1) is 6.92 Å². The number of nitrogens with one attached hydrogen (secondary N) is 2. The number of pyridine rings is 2. The third-order valence-corrected chi connectivity index (χ3v) is 7.67. The fraction of sp³-hybridized carbons (Fsp3) is 0.231. The molecule has 192 valence electrons. The van der Waals surface area contributed by atoms with Crippen molar-refractivity contribution in [3.63, 3.8) is 0 Å². The monoisotopic (exact) mass is 527 g/mol. The lowest BCUT2D eigenvalue weighted by Gasteiger charge is -2.27. The largest absolute Gasteiger partial charge is 0.324 e. The molecule has 38 heavy (non-hydrogen) atoms. The van der Waals surface area contributed by atoms with Crippen molar-refractivity contribution in [1.82, 2.24) is 34.3 Å². The van der Waals surface area contributed by atoms with Crippen molar-refractivity contribution < 1.29 is 9.59 Å². The molecule has 6 heterocycles. The summed E-state index contributed by atoms with van der Waals surface area (Å²) < 4.78 is 3.43. The first-order valence-corrected chi connectivity index (χ1v) is 12.9. The van der Waals surface area contributed by atoms with Crippen molar-refractivity contribution in [3.8, 4) is 10.4 Å². The lowest BCUT2D eigenvalue weighted by Crippen LogP contribution is -2.37. The Balaban J connectivity index is 1.13. The smallest absolute Gasteiger partial charge is 0.260 e. The van der Waals surface area contributed by atoms with Crippen LogP contribution in [0.25, 0.3) is 15.3 Å². The van der Waals surface area contributed by atoms with Gasteiger partial charge in [0.25, 0.3) is 5.91 Å². The molecule has 0 aliphatic carbocycles. The minimum Gasteiger partial charge on any atom is -0.324 e. The fourth-order valence-electron chi connectivity index (χ4n) is 4.51. The highest BCUT2D eigenvalue weighted by Crippen LogP contribution is 2.30. The molecular formula is C26H25N9O2S. The van der Waals surface area contributed by atoms with E-state index in [1.165, 1.54) is 22.5 Å². The van der Waals surface area contributed by atoms with Gasteiger partial charge in [-0.1, -0.05) is 0 Å². The number of amides is 2. The minimum absolute atomic E-state index is 0.134. The number of hydrogen-bond donors (Lipinski definition) is 2. The fourth-order valence-corrected chi connectivity index (χ4v) is 5.55. The molecule has 0 aromatic carbocycles. The van der Waals surface area contributed by atoms with Gasteiger partial charge in [0.2, 0.25) is 5.91 Å². The molecule has 0 saturated heterocycles. The number of anilines is 2. The first-order valence-electron chi connectivity index (χ1n) is 12.1. The van der Waals surface area contributed by atoms with Gasteiger partial charge in [-0.15, -0.1) is 11.3 Å². The zero-order valence-electron chi connectivity index (χ0n) is 20.9. The Morgan fingerprint density at radius 3 is 2.82 bits per heavy atom. The molecule has 1 aliphatic heterocycles. The maximum absolute atomic E-state index is 13.2. The van der Waals surface area contributed by atoms with Crippen LogP contribution >= 0.6 is 11.3 Å². The van der Waals surface area contributed by atoms with Gasteiger partial charge >= 0.3 is 0 Å². The standard InChI is InChI=1S/C26H25N9O2S/c1-16-22(32-25(37)21-11-30-35-14-23(38-26(21)35)19-9-29-33(2)12-19)7-20(10-28-16)31-24(36)15-34-6-4-17-8-27-5-3-18(17)13-34/h3,5,7-12,14H,4,6,13,15H2,1-2H3,(H,31,36)(H,32,37). The second-order valence-corrected chi connectivity index (χ2v) is 10.3. The summed E-state index contributed by atoms with van der Waals surface area (Å²) in [5.74, 6) is -0.431.